The van der Waals surface area contributed by atoms with E-state index in [-0.39, 0.29) is 35.1 Å². The highest BCUT2D eigenvalue weighted by atomic mass is 32.2. The van der Waals surface area contributed by atoms with Crippen molar-refractivity contribution in [2.45, 2.75) is 62.0 Å². The van der Waals surface area contributed by atoms with Crippen molar-refractivity contribution in [2.75, 3.05) is 25.5 Å². The second kappa shape index (κ2) is 11.0. The van der Waals surface area contributed by atoms with Gasteiger partial charge in [0, 0.05) is 25.4 Å². The van der Waals surface area contributed by atoms with Gasteiger partial charge in [0.1, 0.15) is 12.6 Å². The molecule has 1 spiro atoms. The van der Waals surface area contributed by atoms with Crippen LogP contribution >= 0.6 is 0 Å². The molecule has 2 aliphatic heterocycles. The Balaban J connectivity index is 1.27. The van der Waals surface area contributed by atoms with Gasteiger partial charge in [0.15, 0.2) is 15.6 Å². The fourth-order valence-electron chi connectivity index (χ4n) is 5.78. The molecule has 5 rings (SSSR count). The second-order valence-corrected chi connectivity index (χ2v) is 12.4. The average molecular weight is 543 g/mol. The lowest BCUT2D eigenvalue weighted by molar-refractivity contribution is -0.195. The fourth-order valence-corrected chi connectivity index (χ4v) is 7.42. The molecule has 10 heteroatoms. The maximum atomic E-state index is 13.4. The van der Waals surface area contributed by atoms with Crippen molar-refractivity contribution in [3.8, 4) is 0 Å². The van der Waals surface area contributed by atoms with Crippen molar-refractivity contribution >= 4 is 21.8 Å². The smallest absolute Gasteiger partial charge is 0.408 e. The largest absolute Gasteiger partial charge is 0.445 e. The van der Waals surface area contributed by atoms with Crippen LogP contribution in [0.2, 0.25) is 0 Å². The van der Waals surface area contributed by atoms with E-state index in [0.717, 1.165) is 11.1 Å². The van der Waals surface area contributed by atoms with Crippen molar-refractivity contribution in [1.82, 2.24) is 10.2 Å². The maximum absolute atomic E-state index is 13.4. The Morgan fingerprint density at radius 1 is 1.08 bits per heavy atom. The van der Waals surface area contributed by atoms with Crippen LogP contribution in [0, 0.1) is 12.8 Å². The molecule has 1 saturated carbocycles. The number of amides is 2. The zero-order valence-electron chi connectivity index (χ0n) is 21.5. The third-order valence-corrected chi connectivity index (χ3v) is 9.57. The van der Waals surface area contributed by atoms with E-state index >= 15 is 0 Å². The molecule has 1 N–H and O–H groups in total. The molecule has 2 heterocycles. The number of alkyl carbamates (subject to hydrolysis) is 1. The number of likely N-dealkylation sites (tertiary alicyclic amines) is 1. The molecule has 3 atom stereocenters. The van der Waals surface area contributed by atoms with E-state index in [1.54, 1.807) is 29.2 Å². The van der Waals surface area contributed by atoms with Crippen molar-refractivity contribution in [1.29, 1.82) is 0 Å². The van der Waals surface area contributed by atoms with Crippen LogP contribution in [0.4, 0.5) is 4.79 Å². The molecule has 38 heavy (non-hydrogen) atoms. The molecule has 0 unspecified atom stereocenters. The van der Waals surface area contributed by atoms with E-state index in [1.165, 1.54) is 0 Å². The molecule has 2 aromatic rings. The quantitative estimate of drug-likeness (QED) is 0.572. The van der Waals surface area contributed by atoms with Gasteiger partial charge >= 0.3 is 6.09 Å². The molecule has 2 amide bonds. The van der Waals surface area contributed by atoms with Crippen molar-refractivity contribution < 1.29 is 32.2 Å². The van der Waals surface area contributed by atoms with Gasteiger partial charge in [-0.3, -0.25) is 4.79 Å². The lowest BCUT2D eigenvalue weighted by atomic mass is 9.81. The highest BCUT2D eigenvalue weighted by molar-refractivity contribution is 7.91. The van der Waals surface area contributed by atoms with Gasteiger partial charge < -0.3 is 24.4 Å². The van der Waals surface area contributed by atoms with Gasteiger partial charge in [-0.15, -0.1) is 0 Å². The normalized spacial score (nSPS) is 25.0. The van der Waals surface area contributed by atoms with Gasteiger partial charge in [-0.1, -0.05) is 48.0 Å². The lowest BCUT2D eigenvalue weighted by Gasteiger charge is -2.44. The molecule has 1 aliphatic carbocycles. The molecular formula is C28H34N2O7S. The number of hydrogen-bond donors (Lipinski definition) is 1. The van der Waals surface area contributed by atoms with Crippen LogP contribution in [0.3, 0.4) is 0 Å². The summed E-state index contributed by atoms with van der Waals surface area (Å²) in [6.45, 7) is 3.40. The Labute approximate surface area is 223 Å². The molecule has 2 saturated heterocycles. The van der Waals surface area contributed by atoms with Gasteiger partial charge in [-0.25, -0.2) is 13.2 Å². The van der Waals surface area contributed by atoms with E-state index in [1.807, 2.05) is 37.3 Å². The summed E-state index contributed by atoms with van der Waals surface area (Å²) in [5.74, 6) is -1.50. The van der Waals surface area contributed by atoms with Gasteiger partial charge in [0.2, 0.25) is 5.91 Å². The molecule has 204 valence electrons. The Morgan fingerprint density at radius 2 is 1.79 bits per heavy atom. The fraction of sp³-hybridized carbons (Fsp3) is 0.500. The number of carbonyl (C=O) groups is 2. The second-order valence-electron chi connectivity index (χ2n) is 10.4. The third-order valence-electron chi connectivity index (χ3n) is 7.71. The minimum absolute atomic E-state index is 0.112. The molecule has 3 aliphatic rings. The summed E-state index contributed by atoms with van der Waals surface area (Å²) in [6.07, 6.45) is 1.32. The number of hydrogen-bond acceptors (Lipinski definition) is 7. The summed E-state index contributed by atoms with van der Waals surface area (Å²) < 4.78 is 43.9. The predicted octanol–water partition coefficient (Wildman–Crippen LogP) is 3.21. The Morgan fingerprint density at radius 3 is 2.50 bits per heavy atom. The van der Waals surface area contributed by atoms with Gasteiger partial charge in [-0.2, -0.15) is 0 Å². The van der Waals surface area contributed by atoms with E-state index in [9.17, 15) is 18.0 Å². The monoisotopic (exact) mass is 542 g/mol. The number of ether oxygens (including phenoxy) is 3. The van der Waals surface area contributed by atoms with Crippen molar-refractivity contribution in [3.05, 3.63) is 65.7 Å². The summed E-state index contributed by atoms with van der Waals surface area (Å²) in [6, 6.07) is 15.1. The summed E-state index contributed by atoms with van der Waals surface area (Å²) in [7, 11) is -3.61. The van der Waals surface area contributed by atoms with Gasteiger partial charge in [-0.05, 0) is 43.4 Å². The number of benzene rings is 2. The first-order valence-corrected chi connectivity index (χ1v) is 14.7. The lowest BCUT2D eigenvalue weighted by Crippen LogP contribution is -2.53. The van der Waals surface area contributed by atoms with Gasteiger partial charge in [0.25, 0.3) is 0 Å². The standard InChI is InChI=1S/C28H34N2O7S/c1-20-7-9-23(10-8-20)38(33,34)19-22-17-28(36-15-16-37-28)13-11-25(22)30-14-12-24(26(30)31)29-27(32)35-18-21-5-3-2-4-6-21/h2-10,22,24-25H,11-19H2,1H3,(H,29,32)/t22-,24-,25-/m0/s1. The van der Waals surface area contributed by atoms with Crippen LogP contribution in [-0.2, 0) is 35.4 Å². The topological polar surface area (TPSA) is 111 Å². The average Bonchev–Trinajstić information content (AvgIpc) is 3.50. The Bertz CT molecular complexity index is 1240. The molecular weight excluding hydrogens is 508 g/mol. The predicted molar refractivity (Wildman–Crippen MR) is 139 cm³/mol. The SMILES string of the molecule is Cc1ccc(S(=O)(=O)C[C@@H]2CC3(CC[C@@H]2N2CC[C@H](NC(=O)OCc4ccccc4)C2=O)OCCO3)cc1. The third kappa shape index (κ3) is 5.87. The van der Waals surface area contributed by atoms with Crippen LogP contribution in [0.1, 0.15) is 36.8 Å². The van der Waals surface area contributed by atoms with E-state index in [2.05, 4.69) is 5.32 Å². The Hall–Kier alpha value is -2.95. The summed E-state index contributed by atoms with van der Waals surface area (Å²) >= 11 is 0. The number of sulfone groups is 1. The zero-order chi connectivity index (χ0) is 26.8. The molecule has 0 aromatic heterocycles. The highest BCUT2D eigenvalue weighted by Gasteiger charge is 2.50. The van der Waals surface area contributed by atoms with Crippen LogP contribution in [0.5, 0.6) is 0 Å². The summed E-state index contributed by atoms with van der Waals surface area (Å²) in [5.41, 5.74) is 1.84. The zero-order valence-corrected chi connectivity index (χ0v) is 22.3. The first kappa shape index (κ1) is 26.6. The molecule has 3 fully saturated rings. The number of nitrogens with one attached hydrogen (secondary N) is 1. The molecule has 2 aromatic carbocycles. The minimum Gasteiger partial charge on any atom is -0.445 e. The van der Waals surface area contributed by atoms with E-state index in [0.29, 0.717) is 45.4 Å². The number of nitrogens with zero attached hydrogens (tertiary/aromatic N) is 1. The molecule has 9 nitrogen and oxygen atoms in total. The number of carbonyl (C=O) groups excluding carboxylic acids is 2. The van der Waals surface area contributed by atoms with E-state index < -0.39 is 27.8 Å². The van der Waals surface area contributed by atoms with Crippen LogP contribution < -0.4 is 5.32 Å². The first-order chi connectivity index (χ1) is 18.2. The van der Waals surface area contributed by atoms with Crippen molar-refractivity contribution in [2.24, 2.45) is 5.92 Å². The van der Waals surface area contributed by atoms with Crippen molar-refractivity contribution in [3.63, 3.8) is 0 Å². The van der Waals surface area contributed by atoms with Crippen LogP contribution in [0.25, 0.3) is 0 Å². The Kier molecular flexibility index (Phi) is 7.74. The minimum atomic E-state index is -3.61. The summed E-state index contributed by atoms with van der Waals surface area (Å²) in [5, 5.41) is 2.69. The van der Waals surface area contributed by atoms with E-state index in [4.69, 9.17) is 14.2 Å². The summed E-state index contributed by atoms with van der Waals surface area (Å²) in [4.78, 5) is 27.8. The number of aryl methyl sites for hydroxylation is 1. The maximum Gasteiger partial charge on any atom is 0.408 e. The van der Waals surface area contributed by atoms with Crippen LogP contribution in [0.15, 0.2) is 59.5 Å². The number of rotatable bonds is 7. The molecule has 0 radical (unpaired) electrons. The highest BCUT2D eigenvalue weighted by Crippen LogP contribution is 2.42. The van der Waals surface area contributed by atoms with Crippen LogP contribution in [-0.4, -0.2) is 68.7 Å². The molecule has 0 bridgehead atoms. The first-order valence-electron chi connectivity index (χ1n) is 13.1. The van der Waals surface area contributed by atoms with Gasteiger partial charge in [0.05, 0.1) is 23.9 Å².